The number of nitrogens with one attached hydrogen (secondary N) is 1. The monoisotopic (exact) mass is 188 g/mol. The third-order valence-corrected chi connectivity index (χ3v) is 2.17. The molecule has 72 valence electrons. The summed E-state index contributed by atoms with van der Waals surface area (Å²) in [6.45, 7) is 2.00. The Hall–Kier alpha value is -1.77. The van der Waals surface area contributed by atoms with E-state index in [1.807, 2.05) is 31.2 Å². The van der Waals surface area contributed by atoms with Gasteiger partial charge in [-0.05, 0) is 19.1 Å². The molecule has 1 aromatic heterocycles. The normalized spacial score (nSPS) is 10.1. The highest BCUT2D eigenvalue weighted by molar-refractivity contribution is 5.63. The Kier molecular flexibility index (Phi) is 2.23. The van der Waals surface area contributed by atoms with Crippen molar-refractivity contribution in [2.75, 3.05) is 7.11 Å². The number of ether oxygens (including phenoxy) is 1. The Labute approximate surface area is 82.8 Å². The third-order valence-electron chi connectivity index (χ3n) is 2.17. The van der Waals surface area contributed by atoms with Crippen LogP contribution in [0.4, 0.5) is 0 Å². The first-order valence-corrected chi connectivity index (χ1v) is 4.45. The highest BCUT2D eigenvalue weighted by atomic mass is 16.5. The van der Waals surface area contributed by atoms with E-state index in [1.54, 1.807) is 13.4 Å². The molecule has 2 rings (SSSR count). The van der Waals surface area contributed by atoms with Crippen LogP contribution in [0.15, 0.2) is 30.6 Å². The summed E-state index contributed by atoms with van der Waals surface area (Å²) < 4.78 is 5.15. The number of H-pyrrole nitrogens is 1. The van der Waals surface area contributed by atoms with Gasteiger partial charge >= 0.3 is 0 Å². The van der Waals surface area contributed by atoms with Crippen molar-refractivity contribution in [2.24, 2.45) is 0 Å². The van der Waals surface area contributed by atoms with Crippen LogP contribution in [0.5, 0.6) is 5.75 Å². The Morgan fingerprint density at radius 1 is 1.36 bits per heavy atom. The second-order valence-corrected chi connectivity index (χ2v) is 3.11. The fourth-order valence-electron chi connectivity index (χ4n) is 1.42. The van der Waals surface area contributed by atoms with Gasteiger partial charge in [-0.25, -0.2) is 4.98 Å². The van der Waals surface area contributed by atoms with Crippen molar-refractivity contribution in [3.8, 4) is 17.0 Å². The predicted octanol–water partition coefficient (Wildman–Crippen LogP) is 2.39. The van der Waals surface area contributed by atoms with E-state index < -0.39 is 0 Å². The maximum atomic E-state index is 5.15. The summed E-state index contributed by atoms with van der Waals surface area (Å²) in [5.74, 6) is 0.852. The maximum absolute atomic E-state index is 5.15. The summed E-state index contributed by atoms with van der Waals surface area (Å²) in [6, 6.07) is 7.88. The molecule has 0 amide bonds. The highest BCUT2D eigenvalue weighted by Crippen LogP contribution is 2.23. The van der Waals surface area contributed by atoms with Crippen LogP contribution >= 0.6 is 0 Å². The molecule has 0 aliphatic heterocycles. The second-order valence-electron chi connectivity index (χ2n) is 3.11. The van der Waals surface area contributed by atoms with Gasteiger partial charge in [0, 0.05) is 11.3 Å². The average Bonchev–Trinajstić information content (AvgIpc) is 2.65. The molecule has 3 nitrogen and oxygen atoms in total. The number of methoxy groups -OCH3 is 1. The SMILES string of the molecule is COc1cccc(-c2nc[nH]c2C)c1. The second kappa shape index (κ2) is 3.54. The lowest BCUT2D eigenvalue weighted by atomic mass is 10.1. The minimum Gasteiger partial charge on any atom is -0.497 e. The Balaban J connectivity index is 2.47. The molecule has 1 heterocycles. The molecule has 2 aromatic rings. The summed E-state index contributed by atoms with van der Waals surface area (Å²) in [7, 11) is 1.66. The van der Waals surface area contributed by atoms with Crippen molar-refractivity contribution in [3.63, 3.8) is 0 Å². The largest absolute Gasteiger partial charge is 0.497 e. The molecule has 14 heavy (non-hydrogen) atoms. The number of hydrogen-bond donors (Lipinski definition) is 1. The van der Waals surface area contributed by atoms with E-state index in [1.165, 1.54) is 0 Å². The number of aryl methyl sites for hydroxylation is 1. The fourth-order valence-corrected chi connectivity index (χ4v) is 1.42. The van der Waals surface area contributed by atoms with Crippen molar-refractivity contribution >= 4 is 0 Å². The quantitative estimate of drug-likeness (QED) is 0.785. The van der Waals surface area contributed by atoms with E-state index in [4.69, 9.17) is 4.74 Å². The molecule has 0 saturated carbocycles. The predicted molar refractivity (Wildman–Crippen MR) is 55.3 cm³/mol. The van der Waals surface area contributed by atoms with Gasteiger partial charge in [0.1, 0.15) is 5.75 Å². The van der Waals surface area contributed by atoms with Crippen LogP contribution in [0.25, 0.3) is 11.3 Å². The topological polar surface area (TPSA) is 37.9 Å². The maximum Gasteiger partial charge on any atom is 0.119 e. The van der Waals surface area contributed by atoms with Crippen molar-refractivity contribution in [3.05, 3.63) is 36.3 Å². The molecule has 0 aliphatic carbocycles. The first-order valence-electron chi connectivity index (χ1n) is 4.45. The zero-order chi connectivity index (χ0) is 9.97. The first-order chi connectivity index (χ1) is 6.81. The van der Waals surface area contributed by atoms with Gasteiger partial charge in [-0.3, -0.25) is 0 Å². The molecule has 0 unspecified atom stereocenters. The zero-order valence-electron chi connectivity index (χ0n) is 8.24. The lowest BCUT2D eigenvalue weighted by molar-refractivity contribution is 0.415. The molecule has 3 heteroatoms. The average molecular weight is 188 g/mol. The summed E-state index contributed by atoms with van der Waals surface area (Å²) in [5, 5.41) is 0. The van der Waals surface area contributed by atoms with Gasteiger partial charge in [0.05, 0.1) is 19.1 Å². The molecular weight excluding hydrogens is 176 g/mol. The van der Waals surface area contributed by atoms with Gasteiger partial charge in [0.15, 0.2) is 0 Å². The number of benzene rings is 1. The Bertz CT molecular complexity index is 434. The van der Waals surface area contributed by atoms with Crippen molar-refractivity contribution in [1.82, 2.24) is 9.97 Å². The summed E-state index contributed by atoms with van der Waals surface area (Å²) in [5.41, 5.74) is 3.12. The number of rotatable bonds is 2. The first kappa shape index (κ1) is 8.81. The molecule has 0 saturated heterocycles. The third kappa shape index (κ3) is 1.48. The molecule has 1 aromatic carbocycles. The molecule has 0 spiro atoms. The smallest absolute Gasteiger partial charge is 0.119 e. The molecule has 0 atom stereocenters. The summed E-state index contributed by atoms with van der Waals surface area (Å²) in [6.07, 6.45) is 1.70. The lowest BCUT2D eigenvalue weighted by Gasteiger charge is -2.02. The van der Waals surface area contributed by atoms with E-state index in [0.29, 0.717) is 0 Å². The number of hydrogen-bond acceptors (Lipinski definition) is 2. The molecule has 0 aliphatic rings. The van der Waals surface area contributed by atoms with Crippen LogP contribution in [0.3, 0.4) is 0 Å². The minimum atomic E-state index is 0.852. The van der Waals surface area contributed by atoms with Gasteiger partial charge in [-0.15, -0.1) is 0 Å². The standard InChI is InChI=1S/C11H12N2O/c1-8-11(13-7-12-8)9-4-3-5-10(6-9)14-2/h3-7H,1-2H3,(H,12,13). The van der Waals surface area contributed by atoms with Crippen molar-refractivity contribution < 1.29 is 4.74 Å². The van der Waals surface area contributed by atoms with E-state index in [2.05, 4.69) is 9.97 Å². The van der Waals surface area contributed by atoms with Gasteiger partial charge in [-0.2, -0.15) is 0 Å². The summed E-state index contributed by atoms with van der Waals surface area (Å²) >= 11 is 0. The molecule has 0 fully saturated rings. The number of aromatic amines is 1. The van der Waals surface area contributed by atoms with Gasteiger partial charge in [0.25, 0.3) is 0 Å². The van der Waals surface area contributed by atoms with E-state index in [9.17, 15) is 0 Å². The fraction of sp³-hybridized carbons (Fsp3) is 0.182. The van der Waals surface area contributed by atoms with E-state index in [-0.39, 0.29) is 0 Å². The number of nitrogens with zero attached hydrogens (tertiary/aromatic N) is 1. The summed E-state index contributed by atoms with van der Waals surface area (Å²) in [4.78, 5) is 7.30. The van der Waals surface area contributed by atoms with Gasteiger partial charge < -0.3 is 9.72 Å². The van der Waals surface area contributed by atoms with Crippen LogP contribution in [-0.4, -0.2) is 17.1 Å². The van der Waals surface area contributed by atoms with Crippen molar-refractivity contribution in [1.29, 1.82) is 0 Å². The molecule has 0 radical (unpaired) electrons. The van der Waals surface area contributed by atoms with Gasteiger partial charge in [-0.1, -0.05) is 12.1 Å². The Morgan fingerprint density at radius 3 is 2.86 bits per heavy atom. The van der Waals surface area contributed by atoms with Crippen LogP contribution < -0.4 is 4.74 Å². The molecule has 1 N–H and O–H groups in total. The number of imidazole rings is 1. The van der Waals surface area contributed by atoms with Crippen LogP contribution in [0.1, 0.15) is 5.69 Å². The van der Waals surface area contributed by atoms with Crippen LogP contribution in [0.2, 0.25) is 0 Å². The highest BCUT2D eigenvalue weighted by Gasteiger charge is 2.04. The van der Waals surface area contributed by atoms with Crippen LogP contribution in [-0.2, 0) is 0 Å². The zero-order valence-corrected chi connectivity index (χ0v) is 8.24. The molecule has 0 bridgehead atoms. The number of aromatic nitrogens is 2. The molecular formula is C11H12N2O. The van der Waals surface area contributed by atoms with E-state index >= 15 is 0 Å². The van der Waals surface area contributed by atoms with Gasteiger partial charge in [0.2, 0.25) is 0 Å². The Morgan fingerprint density at radius 2 is 2.21 bits per heavy atom. The van der Waals surface area contributed by atoms with Crippen molar-refractivity contribution in [2.45, 2.75) is 6.92 Å². The van der Waals surface area contributed by atoms with Crippen LogP contribution in [0, 0.1) is 6.92 Å². The minimum absolute atomic E-state index is 0.852. The lowest BCUT2D eigenvalue weighted by Crippen LogP contribution is -1.85. The van der Waals surface area contributed by atoms with E-state index in [0.717, 1.165) is 22.7 Å².